The molecule has 4 nitrogen and oxygen atoms in total. The monoisotopic (exact) mass is 338 g/mol. The second kappa shape index (κ2) is 7.20. The van der Waals surface area contributed by atoms with Crippen molar-refractivity contribution in [2.24, 2.45) is 5.92 Å². The van der Waals surface area contributed by atoms with Gasteiger partial charge in [-0.15, -0.1) is 11.8 Å². The Bertz CT molecular complexity index is 578. The van der Waals surface area contributed by atoms with Crippen LogP contribution in [-0.2, 0) is 4.74 Å². The van der Waals surface area contributed by atoms with Crippen molar-refractivity contribution in [1.29, 1.82) is 0 Å². The number of ether oxygens (including phenoxy) is 1. The molecule has 0 aliphatic carbocycles. The molecule has 0 N–H and O–H groups in total. The van der Waals surface area contributed by atoms with Crippen LogP contribution >= 0.6 is 11.8 Å². The van der Waals surface area contributed by atoms with Gasteiger partial charge in [-0.2, -0.15) is 0 Å². The van der Waals surface area contributed by atoms with E-state index in [1.807, 2.05) is 11.2 Å². The summed E-state index contributed by atoms with van der Waals surface area (Å²) in [5.41, 5.74) is 0.217. The van der Waals surface area contributed by atoms with Gasteiger partial charge in [-0.25, -0.2) is 4.39 Å². The Hall–Kier alpha value is -1.11. The molecule has 0 saturated carbocycles. The highest BCUT2D eigenvalue weighted by atomic mass is 32.2. The summed E-state index contributed by atoms with van der Waals surface area (Å²) >= 11 is 1.41. The van der Waals surface area contributed by atoms with Crippen molar-refractivity contribution in [3.8, 4) is 0 Å². The van der Waals surface area contributed by atoms with E-state index in [1.165, 1.54) is 17.8 Å². The summed E-state index contributed by atoms with van der Waals surface area (Å²) in [5, 5.41) is 0. The third-order valence-corrected chi connectivity index (χ3v) is 5.56. The molecular formula is C17H23FN2O2S. The van der Waals surface area contributed by atoms with Crippen molar-refractivity contribution in [3.05, 3.63) is 29.6 Å². The SMILES string of the molecule is CSc1cccc(F)c1C(=O)N1CC(C)C(N2CCOCC2)C1. The van der Waals surface area contributed by atoms with Gasteiger partial charge in [0, 0.05) is 37.1 Å². The molecule has 2 atom stereocenters. The van der Waals surface area contributed by atoms with Crippen LogP contribution in [0.15, 0.2) is 23.1 Å². The molecule has 2 aliphatic heterocycles. The van der Waals surface area contributed by atoms with Gasteiger partial charge in [0.25, 0.3) is 5.91 Å². The average Bonchev–Trinajstić information content (AvgIpc) is 2.96. The van der Waals surface area contributed by atoms with Gasteiger partial charge in [0.05, 0.1) is 18.8 Å². The molecule has 1 amide bonds. The molecule has 3 rings (SSSR count). The van der Waals surface area contributed by atoms with Crippen LogP contribution in [-0.4, -0.2) is 67.4 Å². The number of hydrogen-bond donors (Lipinski definition) is 0. The fraction of sp³-hybridized carbons (Fsp3) is 0.588. The van der Waals surface area contributed by atoms with E-state index >= 15 is 0 Å². The van der Waals surface area contributed by atoms with E-state index < -0.39 is 5.82 Å². The summed E-state index contributed by atoms with van der Waals surface area (Å²) in [4.78, 5) is 17.8. The van der Waals surface area contributed by atoms with Crippen molar-refractivity contribution in [2.75, 3.05) is 45.6 Å². The quantitative estimate of drug-likeness (QED) is 0.792. The maximum absolute atomic E-state index is 14.2. The fourth-order valence-electron chi connectivity index (χ4n) is 3.54. The van der Waals surface area contributed by atoms with Gasteiger partial charge in [-0.1, -0.05) is 13.0 Å². The minimum absolute atomic E-state index is 0.185. The summed E-state index contributed by atoms with van der Waals surface area (Å²) in [7, 11) is 0. The number of benzene rings is 1. The third kappa shape index (κ3) is 3.39. The van der Waals surface area contributed by atoms with Crippen LogP contribution in [0, 0.1) is 11.7 Å². The van der Waals surface area contributed by atoms with Gasteiger partial charge in [-0.05, 0) is 24.3 Å². The molecule has 2 unspecified atom stereocenters. The molecule has 126 valence electrons. The fourth-order valence-corrected chi connectivity index (χ4v) is 4.14. The zero-order chi connectivity index (χ0) is 16.4. The van der Waals surface area contributed by atoms with Crippen molar-refractivity contribution in [3.63, 3.8) is 0 Å². The zero-order valence-corrected chi connectivity index (χ0v) is 14.4. The van der Waals surface area contributed by atoms with Crippen LogP contribution < -0.4 is 0 Å². The summed E-state index contributed by atoms with van der Waals surface area (Å²) in [6.45, 7) is 6.84. The molecular weight excluding hydrogens is 315 g/mol. The van der Waals surface area contributed by atoms with Gasteiger partial charge in [0.15, 0.2) is 0 Å². The molecule has 2 saturated heterocycles. The van der Waals surface area contributed by atoms with Gasteiger partial charge < -0.3 is 9.64 Å². The van der Waals surface area contributed by atoms with Gasteiger partial charge >= 0.3 is 0 Å². The van der Waals surface area contributed by atoms with Crippen molar-refractivity contribution in [2.45, 2.75) is 17.9 Å². The summed E-state index contributed by atoms with van der Waals surface area (Å²) in [6.07, 6.45) is 1.87. The van der Waals surface area contributed by atoms with E-state index in [4.69, 9.17) is 4.74 Å². The Kier molecular flexibility index (Phi) is 5.24. The van der Waals surface area contributed by atoms with Crippen LogP contribution in [0.4, 0.5) is 4.39 Å². The molecule has 23 heavy (non-hydrogen) atoms. The predicted molar refractivity (Wildman–Crippen MR) is 89.4 cm³/mol. The summed E-state index contributed by atoms with van der Waals surface area (Å²) in [5.74, 6) is -0.221. The van der Waals surface area contributed by atoms with Crippen molar-refractivity contribution >= 4 is 17.7 Å². The molecule has 0 bridgehead atoms. The lowest BCUT2D eigenvalue weighted by atomic mass is 10.0. The average molecular weight is 338 g/mol. The molecule has 0 radical (unpaired) electrons. The van der Waals surface area contributed by atoms with Crippen LogP contribution in [0.5, 0.6) is 0 Å². The second-order valence-electron chi connectivity index (χ2n) is 6.22. The lowest BCUT2D eigenvalue weighted by Crippen LogP contribution is -2.47. The first kappa shape index (κ1) is 16.7. The zero-order valence-electron chi connectivity index (χ0n) is 13.6. The number of hydrogen-bond acceptors (Lipinski definition) is 4. The molecule has 1 aromatic carbocycles. The highest BCUT2D eigenvalue weighted by Gasteiger charge is 2.37. The Morgan fingerprint density at radius 3 is 2.74 bits per heavy atom. The molecule has 0 aromatic heterocycles. The molecule has 6 heteroatoms. The van der Waals surface area contributed by atoms with Crippen molar-refractivity contribution in [1.82, 2.24) is 9.80 Å². The topological polar surface area (TPSA) is 32.8 Å². The number of amides is 1. The number of carbonyl (C=O) groups excluding carboxylic acids is 1. The van der Waals surface area contributed by atoms with E-state index in [2.05, 4.69) is 11.8 Å². The Labute approximate surface area is 141 Å². The normalized spacial score (nSPS) is 25.8. The van der Waals surface area contributed by atoms with Crippen LogP contribution in [0.25, 0.3) is 0 Å². The minimum atomic E-state index is -0.427. The standard InChI is InChI=1S/C17H23FN2O2S/c1-12-10-20(11-14(12)19-6-8-22-9-7-19)17(21)16-13(18)4-3-5-15(16)23-2/h3-5,12,14H,6-11H2,1-2H3. The minimum Gasteiger partial charge on any atom is -0.379 e. The maximum Gasteiger partial charge on any atom is 0.258 e. The molecule has 2 fully saturated rings. The molecule has 2 heterocycles. The van der Waals surface area contributed by atoms with Gasteiger partial charge in [0.1, 0.15) is 5.82 Å². The number of thioether (sulfide) groups is 1. The Balaban J connectivity index is 1.76. The first-order valence-corrected chi connectivity index (χ1v) is 9.28. The smallest absolute Gasteiger partial charge is 0.258 e. The van der Waals surface area contributed by atoms with E-state index in [-0.39, 0.29) is 11.5 Å². The highest BCUT2D eigenvalue weighted by Crippen LogP contribution is 2.28. The van der Waals surface area contributed by atoms with Crippen LogP contribution in [0.1, 0.15) is 17.3 Å². The van der Waals surface area contributed by atoms with E-state index in [0.717, 1.165) is 26.3 Å². The Morgan fingerprint density at radius 1 is 1.30 bits per heavy atom. The molecule has 0 spiro atoms. The third-order valence-electron chi connectivity index (χ3n) is 4.78. The summed E-state index contributed by atoms with van der Waals surface area (Å²) in [6, 6.07) is 5.17. The second-order valence-corrected chi connectivity index (χ2v) is 7.07. The lowest BCUT2D eigenvalue weighted by molar-refractivity contribution is 0.0119. The summed E-state index contributed by atoms with van der Waals surface area (Å²) < 4.78 is 19.6. The Morgan fingerprint density at radius 2 is 2.04 bits per heavy atom. The van der Waals surface area contributed by atoms with E-state index in [1.54, 1.807) is 12.1 Å². The number of likely N-dealkylation sites (tertiary alicyclic amines) is 1. The number of rotatable bonds is 3. The predicted octanol–water partition coefficient (Wildman–Crippen LogP) is 2.34. The highest BCUT2D eigenvalue weighted by molar-refractivity contribution is 7.98. The van der Waals surface area contributed by atoms with Gasteiger partial charge in [-0.3, -0.25) is 9.69 Å². The first-order chi connectivity index (χ1) is 11.1. The number of nitrogens with zero attached hydrogens (tertiary/aromatic N) is 2. The van der Waals surface area contributed by atoms with E-state index in [0.29, 0.717) is 29.9 Å². The van der Waals surface area contributed by atoms with Crippen LogP contribution in [0.3, 0.4) is 0 Å². The number of carbonyl (C=O) groups is 1. The van der Waals surface area contributed by atoms with E-state index in [9.17, 15) is 9.18 Å². The van der Waals surface area contributed by atoms with Gasteiger partial charge in [0.2, 0.25) is 0 Å². The number of halogens is 1. The lowest BCUT2D eigenvalue weighted by Gasteiger charge is -2.34. The molecule has 1 aromatic rings. The maximum atomic E-state index is 14.2. The van der Waals surface area contributed by atoms with Crippen molar-refractivity contribution < 1.29 is 13.9 Å². The molecule has 2 aliphatic rings. The largest absolute Gasteiger partial charge is 0.379 e. The first-order valence-electron chi connectivity index (χ1n) is 8.05. The van der Waals surface area contributed by atoms with Crippen LogP contribution in [0.2, 0.25) is 0 Å². The number of morpholine rings is 1.